The highest BCUT2D eigenvalue weighted by atomic mass is 16.5. The fourth-order valence-corrected chi connectivity index (χ4v) is 1.94. The van der Waals surface area contributed by atoms with Gasteiger partial charge >= 0.3 is 0 Å². The zero-order chi connectivity index (χ0) is 10.9. The second kappa shape index (κ2) is 8.08. The average molecular weight is 215 g/mol. The minimum Gasteiger partial charge on any atom is -0.379 e. The Hall–Kier alpha value is -0.120. The molecule has 1 fully saturated rings. The van der Waals surface area contributed by atoms with Gasteiger partial charge in [0.15, 0.2) is 0 Å². The molecule has 0 saturated carbocycles. The molecule has 0 amide bonds. The van der Waals surface area contributed by atoms with Gasteiger partial charge in [0, 0.05) is 13.2 Å². The van der Waals surface area contributed by atoms with Crippen LogP contribution in [0.25, 0.3) is 0 Å². The molecule has 1 N–H and O–H groups in total. The van der Waals surface area contributed by atoms with Crippen LogP contribution in [-0.2, 0) is 9.47 Å². The van der Waals surface area contributed by atoms with Crippen LogP contribution in [0.5, 0.6) is 0 Å². The zero-order valence-corrected chi connectivity index (χ0v) is 10.1. The predicted octanol–water partition coefficient (Wildman–Crippen LogP) is 1.82. The summed E-state index contributed by atoms with van der Waals surface area (Å²) in [6.07, 6.45) is 4.10. The van der Waals surface area contributed by atoms with Gasteiger partial charge in [-0.1, -0.05) is 0 Å². The molecular weight excluding hydrogens is 190 g/mol. The zero-order valence-electron chi connectivity index (χ0n) is 10.1. The molecule has 1 saturated heterocycles. The summed E-state index contributed by atoms with van der Waals surface area (Å²) in [5, 5.41) is 3.43. The van der Waals surface area contributed by atoms with Crippen molar-refractivity contribution in [3.8, 4) is 0 Å². The quantitative estimate of drug-likeness (QED) is 0.702. The Morgan fingerprint density at radius 3 is 3.00 bits per heavy atom. The van der Waals surface area contributed by atoms with E-state index in [0.29, 0.717) is 0 Å². The first kappa shape index (κ1) is 12.9. The number of piperidine rings is 1. The molecule has 15 heavy (non-hydrogen) atoms. The van der Waals surface area contributed by atoms with Crippen molar-refractivity contribution in [2.45, 2.75) is 39.2 Å². The minimum atomic E-state index is 0.237. The molecule has 2 unspecified atom stereocenters. The van der Waals surface area contributed by atoms with E-state index in [1.54, 1.807) is 0 Å². The number of nitrogens with one attached hydrogen (secondary N) is 1. The third-order valence-electron chi connectivity index (χ3n) is 2.88. The van der Waals surface area contributed by atoms with Gasteiger partial charge in [0.25, 0.3) is 0 Å². The van der Waals surface area contributed by atoms with Crippen LogP contribution in [0, 0.1) is 5.92 Å². The molecule has 1 heterocycles. The van der Waals surface area contributed by atoms with E-state index in [1.165, 1.54) is 32.4 Å². The first-order chi connectivity index (χ1) is 7.33. The smallest absolute Gasteiger partial charge is 0.0780 e. The van der Waals surface area contributed by atoms with Crippen LogP contribution in [0.1, 0.15) is 33.1 Å². The Morgan fingerprint density at radius 1 is 1.47 bits per heavy atom. The highest BCUT2D eigenvalue weighted by Crippen LogP contribution is 2.14. The van der Waals surface area contributed by atoms with Gasteiger partial charge in [0.1, 0.15) is 0 Å². The summed E-state index contributed by atoms with van der Waals surface area (Å²) >= 11 is 0. The van der Waals surface area contributed by atoms with Crippen LogP contribution in [0.15, 0.2) is 0 Å². The molecule has 0 aromatic carbocycles. The lowest BCUT2D eigenvalue weighted by atomic mass is 9.97. The van der Waals surface area contributed by atoms with Crippen molar-refractivity contribution in [1.82, 2.24) is 5.32 Å². The highest BCUT2D eigenvalue weighted by Gasteiger charge is 2.13. The van der Waals surface area contributed by atoms with Crippen LogP contribution in [0.4, 0.5) is 0 Å². The molecule has 0 bridgehead atoms. The van der Waals surface area contributed by atoms with Gasteiger partial charge < -0.3 is 14.8 Å². The van der Waals surface area contributed by atoms with Gasteiger partial charge in [-0.15, -0.1) is 0 Å². The largest absolute Gasteiger partial charge is 0.379 e. The second-order valence-electron chi connectivity index (χ2n) is 4.34. The fraction of sp³-hybridized carbons (Fsp3) is 1.00. The molecule has 3 heteroatoms. The molecule has 0 aromatic rings. The summed E-state index contributed by atoms with van der Waals surface area (Å²) in [6.45, 7) is 8.83. The van der Waals surface area contributed by atoms with E-state index in [9.17, 15) is 0 Å². The summed E-state index contributed by atoms with van der Waals surface area (Å²) in [7, 11) is 0. The lowest BCUT2D eigenvalue weighted by Crippen LogP contribution is -2.30. The third-order valence-corrected chi connectivity index (χ3v) is 2.88. The maximum absolute atomic E-state index is 5.69. The summed E-state index contributed by atoms with van der Waals surface area (Å²) in [5.74, 6) is 0.818. The van der Waals surface area contributed by atoms with E-state index in [-0.39, 0.29) is 6.10 Å². The molecule has 0 aromatic heterocycles. The van der Waals surface area contributed by atoms with Gasteiger partial charge in [-0.2, -0.15) is 0 Å². The van der Waals surface area contributed by atoms with E-state index < -0.39 is 0 Å². The average Bonchev–Trinajstić information content (AvgIpc) is 2.28. The monoisotopic (exact) mass is 215 g/mol. The maximum atomic E-state index is 5.69. The lowest BCUT2D eigenvalue weighted by molar-refractivity contribution is -0.00845. The molecular formula is C12H25NO2. The molecule has 0 spiro atoms. The number of rotatable bonds is 7. The first-order valence-corrected chi connectivity index (χ1v) is 6.23. The van der Waals surface area contributed by atoms with Gasteiger partial charge in [0.05, 0.1) is 12.7 Å². The van der Waals surface area contributed by atoms with E-state index in [4.69, 9.17) is 9.47 Å². The van der Waals surface area contributed by atoms with Crippen LogP contribution in [0.3, 0.4) is 0 Å². The minimum absolute atomic E-state index is 0.237. The van der Waals surface area contributed by atoms with Crippen molar-refractivity contribution in [2.24, 2.45) is 5.92 Å². The first-order valence-electron chi connectivity index (χ1n) is 6.23. The molecule has 1 rings (SSSR count). The summed E-state index contributed by atoms with van der Waals surface area (Å²) in [6, 6.07) is 0. The lowest BCUT2D eigenvalue weighted by Gasteiger charge is -2.23. The Bertz CT molecular complexity index is 147. The summed E-state index contributed by atoms with van der Waals surface area (Å²) < 4.78 is 11.0. The van der Waals surface area contributed by atoms with E-state index in [0.717, 1.165) is 25.7 Å². The number of hydrogen-bond donors (Lipinski definition) is 1. The van der Waals surface area contributed by atoms with E-state index in [1.807, 2.05) is 6.92 Å². The molecule has 0 radical (unpaired) electrons. The standard InChI is InChI=1S/C12H25NO2/c1-3-14-10-11(2)15-8-6-12-5-4-7-13-9-12/h11-13H,3-10H2,1-2H3. The topological polar surface area (TPSA) is 30.5 Å². The maximum Gasteiger partial charge on any atom is 0.0780 e. The van der Waals surface area contributed by atoms with Gasteiger partial charge in [-0.3, -0.25) is 0 Å². The number of hydrogen-bond acceptors (Lipinski definition) is 3. The summed E-state index contributed by atoms with van der Waals surface area (Å²) in [4.78, 5) is 0. The Labute approximate surface area is 93.5 Å². The van der Waals surface area contributed by atoms with E-state index >= 15 is 0 Å². The van der Waals surface area contributed by atoms with Gasteiger partial charge in [0.2, 0.25) is 0 Å². The molecule has 2 atom stereocenters. The van der Waals surface area contributed by atoms with Crippen molar-refractivity contribution < 1.29 is 9.47 Å². The third kappa shape index (κ3) is 6.13. The molecule has 3 nitrogen and oxygen atoms in total. The van der Waals surface area contributed by atoms with Crippen molar-refractivity contribution >= 4 is 0 Å². The van der Waals surface area contributed by atoms with Crippen LogP contribution in [-0.4, -0.2) is 39.0 Å². The normalized spacial score (nSPS) is 24.0. The van der Waals surface area contributed by atoms with Crippen LogP contribution in [0.2, 0.25) is 0 Å². The van der Waals surface area contributed by atoms with Crippen molar-refractivity contribution in [1.29, 1.82) is 0 Å². The van der Waals surface area contributed by atoms with Crippen molar-refractivity contribution in [3.63, 3.8) is 0 Å². The van der Waals surface area contributed by atoms with Crippen LogP contribution < -0.4 is 5.32 Å². The number of ether oxygens (including phenoxy) is 2. The predicted molar refractivity (Wildman–Crippen MR) is 62.1 cm³/mol. The molecule has 1 aliphatic heterocycles. The highest BCUT2D eigenvalue weighted by molar-refractivity contribution is 4.68. The summed E-state index contributed by atoms with van der Waals surface area (Å²) in [5.41, 5.74) is 0. The molecule has 1 aliphatic rings. The Balaban J connectivity index is 1.94. The Morgan fingerprint density at radius 2 is 2.33 bits per heavy atom. The van der Waals surface area contributed by atoms with E-state index in [2.05, 4.69) is 12.2 Å². The Kier molecular flexibility index (Phi) is 6.98. The molecule has 0 aliphatic carbocycles. The second-order valence-corrected chi connectivity index (χ2v) is 4.34. The molecule has 90 valence electrons. The SMILES string of the molecule is CCOCC(C)OCCC1CCCNC1. The fourth-order valence-electron chi connectivity index (χ4n) is 1.94. The van der Waals surface area contributed by atoms with Crippen LogP contribution >= 0.6 is 0 Å². The van der Waals surface area contributed by atoms with Gasteiger partial charge in [-0.05, 0) is 52.1 Å². The van der Waals surface area contributed by atoms with Crippen molar-refractivity contribution in [2.75, 3.05) is 32.9 Å². The van der Waals surface area contributed by atoms with Crippen molar-refractivity contribution in [3.05, 3.63) is 0 Å². The van der Waals surface area contributed by atoms with Gasteiger partial charge in [-0.25, -0.2) is 0 Å².